The molecule has 0 spiro atoms. The minimum absolute atomic E-state index is 0.155. The molecule has 1 unspecified atom stereocenters. The Labute approximate surface area is 188 Å². The third-order valence-corrected chi connectivity index (χ3v) is 5.55. The fourth-order valence-electron chi connectivity index (χ4n) is 2.65. The molecule has 0 heterocycles. The summed E-state index contributed by atoms with van der Waals surface area (Å²) >= 11 is 7.19. The molecule has 0 aliphatic carbocycles. The number of carbonyl (C=O) groups is 2. The molecule has 7 nitrogen and oxygen atoms in total. The first-order valence-electron chi connectivity index (χ1n) is 9.21. The molecule has 2 N–H and O–H groups in total. The van der Waals surface area contributed by atoms with Crippen molar-refractivity contribution < 1.29 is 14.5 Å². The molecule has 0 aromatic heterocycles. The van der Waals surface area contributed by atoms with E-state index in [0.717, 1.165) is 4.90 Å². The minimum atomic E-state index is -0.551. The Bertz CT molecular complexity index is 1120. The second-order valence-corrected chi connectivity index (χ2v) is 8.40. The van der Waals surface area contributed by atoms with Crippen LogP contribution in [0.15, 0.2) is 77.7 Å². The SMILES string of the molecule is CC(Sc1cccc(NC(=O)c2cccc([N+](=O)[O-])c2)c1)C(=O)Nc1ccc(Cl)cc1. The van der Waals surface area contributed by atoms with Crippen molar-refractivity contribution in [2.75, 3.05) is 10.6 Å². The lowest BCUT2D eigenvalue weighted by Crippen LogP contribution is -2.22. The highest BCUT2D eigenvalue weighted by Crippen LogP contribution is 2.27. The number of rotatable bonds is 7. The van der Waals surface area contributed by atoms with Gasteiger partial charge in [-0.2, -0.15) is 0 Å². The van der Waals surface area contributed by atoms with Gasteiger partial charge in [0.15, 0.2) is 0 Å². The second-order valence-electron chi connectivity index (χ2n) is 6.55. The molecule has 0 saturated carbocycles. The van der Waals surface area contributed by atoms with Crippen LogP contribution in [0.2, 0.25) is 5.02 Å². The quantitative estimate of drug-likeness (QED) is 0.273. The number of hydrogen-bond donors (Lipinski definition) is 2. The van der Waals surface area contributed by atoms with E-state index in [9.17, 15) is 19.7 Å². The second kappa shape index (κ2) is 10.1. The van der Waals surface area contributed by atoms with Crippen molar-refractivity contribution in [3.05, 3.63) is 93.5 Å². The Hall–Kier alpha value is -3.36. The smallest absolute Gasteiger partial charge is 0.270 e. The van der Waals surface area contributed by atoms with Crippen molar-refractivity contribution in [1.82, 2.24) is 0 Å². The Balaban J connectivity index is 1.63. The highest BCUT2D eigenvalue weighted by Gasteiger charge is 2.16. The number of nitrogens with one attached hydrogen (secondary N) is 2. The van der Waals surface area contributed by atoms with Crippen molar-refractivity contribution in [2.45, 2.75) is 17.1 Å². The molecule has 3 rings (SSSR count). The van der Waals surface area contributed by atoms with Crippen LogP contribution >= 0.6 is 23.4 Å². The predicted octanol–water partition coefficient (Wildman–Crippen LogP) is 5.62. The number of nitro benzene ring substituents is 1. The predicted molar refractivity (Wildman–Crippen MR) is 123 cm³/mol. The van der Waals surface area contributed by atoms with Gasteiger partial charge < -0.3 is 10.6 Å². The van der Waals surface area contributed by atoms with Crippen LogP contribution in [0.25, 0.3) is 0 Å². The van der Waals surface area contributed by atoms with Crippen molar-refractivity contribution in [3.63, 3.8) is 0 Å². The third-order valence-electron chi connectivity index (χ3n) is 4.20. The lowest BCUT2D eigenvalue weighted by Gasteiger charge is -2.13. The number of benzene rings is 3. The normalized spacial score (nSPS) is 11.4. The van der Waals surface area contributed by atoms with Gasteiger partial charge in [-0.25, -0.2) is 0 Å². The number of non-ortho nitro benzene ring substituents is 1. The van der Waals surface area contributed by atoms with E-state index in [4.69, 9.17) is 11.6 Å². The van der Waals surface area contributed by atoms with Gasteiger partial charge in [0.25, 0.3) is 11.6 Å². The molecule has 3 aromatic carbocycles. The molecule has 31 heavy (non-hydrogen) atoms. The summed E-state index contributed by atoms with van der Waals surface area (Å²) < 4.78 is 0. The number of nitrogens with zero attached hydrogens (tertiary/aromatic N) is 1. The standard InChI is InChI=1S/C22H18ClN3O4S/c1-14(21(27)24-17-10-8-16(23)9-11-17)31-20-7-3-5-18(13-20)25-22(28)15-4-2-6-19(12-15)26(29)30/h2-14H,1H3,(H,24,27)(H,25,28). The van der Waals surface area contributed by atoms with Gasteiger partial charge in [-0.15, -0.1) is 11.8 Å². The zero-order chi connectivity index (χ0) is 22.4. The summed E-state index contributed by atoms with van der Waals surface area (Å²) in [4.78, 5) is 36.0. The van der Waals surface area contributed by atoms with Gasteiger partial charge in [-0.3, -0.25) is 19.7 Å². The van der Waals surface area contributed by atoms with Gasteiger partial charge >= 0.3 is 0 Å². The molecule has 1 atom stereocenters. The van der Waals surface area contributed by atoms with E-state index < -0.39 is 16.1 Å². The highest BCUT2D eigenvalue weighted by atomic mass is 35.5. The van der Waals surface area contributed by atoms with Crippen LogP contribution in [0.3, 0.4) is 0 Å². The Kier molecular flexibility index (Phi) is 7.28. The van der Waals surface area contributed by atoms with Gasteiger partial charge in [-0.1, -0.05) is 23.7 Å². The van der Waals surface area contributed by atoms with E-state index in [1.165, 1.54) is 36.0 Å². The Morgan fingerprint density at radius 1 is 0.968 bits per heavy atom. The van der Waals surface area contributed by atoms with Gasteiger partial charge in [-0.05, 0) is 55.5 Å². The van der Waals surface area contributed by atoms with Crippen LogP contribution in [0, 0.1) is 10.1 Å². The van der Waals surface area contributed by atoms with Gasteiger partial charge in [0.2, 0.25) is 5.91 Å². The number of nitro groups is 1. The molecule has 158 valence electrons. The lowest BCUT2D eigenvalue weighted by molar-refractivity contribution is -0.384. The largest absolute Gasteiger partial charge is 0.325 e. The average molecular weight is 456 g/mol. The lowest BCUT2D eigenvalue weighted by atomic mass is 10.2. The Morgan fingerprint density at radius 2 is 1.68 bits per heavy atom. The van der Waals surface area contributed by atoms with Gasteiger partial charge in [0, 0.05) is 39.0 Å². The van der Waals surface area contributed by atoms with Crippen molar-refractivity contribution in [1.29, 1.82) is 0 Å². The van der Waals surface area contributed by atoms with Gasteiger partial charge in [0.1, 0.15) is 0 Å². The topological polar surface area (TPSA) is 101 Å². The highest BCUT2D eigenvalue weighted by molar-refractivity contribution is 8.00. The first-order valence-corrected chi connectivity index (χ1v) is 10.5. The van der Waals surface area contributed by atoms with E-state index in [1.807, 2.05) is 6.07 Å². The van der Waals surface area contributed by atoms with Crippen LogP contribution in [-0.2, 0) is 4.79 Å². The fraction of sp³-hybridized carbons (Fsp3) is 0.0909. The summed E-state index contributed by atoms with van der Waals surface area (Å²) in [7, 11) is 0. The first kappa shape index (κ1) is 22.3. The molecule has 0 aliphatic rings. The molecule has 9 heteroatoms. The number of thioether (sulfide) groups is 1. The summed E-state index contributed by atoms with van der Waals surface area (Å²) in [5.41, 5.74) is 1.20. The van der Waals surface area contributed by atoms with Gasteiger partial charge in [0.05, 0.1) is 10.2 Å². The van der Waals surface area contributed by atoms with Crippen LogP contribution in [-0.4, -0.2) is 22.0 Å². The average Bonchev–Trinajstić information content (AvgIpc) is 2.75. The summed E-state index contributed by atoms with van der Waals surface area (Å²) in [5, 5.41) is 16.6. The molecule has 0 aliphatic heterocycles. The molecule has 3 aromatic rings. The minimum Gasteiger partial charge on any atom is -0.325 e. The van der Waals surface area contributed by atoms with E-state index in [1.54, 1.807) is 49.4 Å². The molecule has 0 fully saturated rings. The molecule has 0 radical (unpaired) electrons. The molecular formula is C22H18ClN3O4S. The summed E-state index contributed by atoms with van der Waals surface area (Å²) in [6.07, 6.45) is 0. The number of amides is 2. The number of halogens is 1. The number of hydrogen-bond acceptors (Lipinski definition) is 5. The molecule has 0 saturated heterocycles. The maximum Gasteiger partial charge on any atom is 0.270 e. The number of anilines is 2. The van der Waals surface area contributed by atoms with E-state index in [2.05, 4.69) is 10.6 Å². The first-order chi connectivity index (χ1) is 14.8. The van der Waals surface area contributed by atoms with E-state index >= 15 is 0 Å². The monoisotopic (exact) mass is 455 g/mol. The Morgan fingerprint density at radius 3 is 2.39 bits per heavy atom. The maximum absolute atomic E-state index is 12.4. The summed E-state index contributed by atoms with van der Waals surface area (Å²) in [6, 6.07) is 19.4. The zero-order valence-electron chi connectivity index (χ0n) is 16.4. The van der Waals surface area contributed by atoms with Crippen molar-refractivity contribution >= 4 is 52.2 Å². The third kappa shape index (κ3) is 6.31. The fourth-order valence-corrected chi connectivity index (χ4v) is 3.70. The van der Waals surface area contributed by atoms with Crippen LogP contribution in [0.4, 0.5) is 17.1 Å². The summed E-state index contributed by atoms with van der Waals surface area (Å²) in [5.74, 6) is -0.627. The zero-order valence-corrected chi connectivity index (χ0v) is 17.9. The molecule has 2 amide bonds. The molecule has 0 bridgehead atoms. The van der Waals surface area contributed by atoms with Crippen molar-refractivity contribution in [3.8, 4) is 0 Å². The summed E-state index contributed by atoms with van der Waals surface area (Å²) in [6.45, 7) is 1.78. The molecular weight excluding hydrogens is 438 g/mol. The van der Waals surface area contributed by atoms with Crippen molar-refractivity contribution in [2.24, 2.45) is 0 Å². The van der Waals surface area contributed by atoms with Crippen LogP contribution < -0.4 is 10.6 Å². The van der Waals surface area contributed by atoms with E-state index in [-0.39, 0.29) is 17.2 Å². The van der Waals surface area contributed by atoms with Crippen LogP contribution in [0.1, 0.15) is 17.3 Å². The van der Waals surface area contributed by atoms with Crippen LogP contribution in [0.5, 0.6) is 0 Å². The maximum atomic E-state index is 12.4. The van der Waals surface area contributed by atoms with E-state index in [0.29, 0.717) is 16.4 Å². The number of carbonyl (C=O) groups excluding carboxylic acids is 2.